The van der Waals surface area contributed by atoms with Gasteiger partial charge in [0.15, 0.2) is 5.78 Å². The SMILES string of the molecule is Cc1ccc(NN2C(=O)[C@@H]3C[C@@H]4C(=CC[C@@H]5C(=O)N(c6ccc(C(=O)c7ccccc7)cc6)C(=O)[C@@H]54)[C@H](c4cccc(C)c4O)[C@]3(c3ccccc3)C2=O)cc1. The summed E-state index contributed by atoms with van der Waals surface area (Å²) >= 11 is 0. The number of ketones is 1. The second kappa shape index (κ2) is 13.3. The van der Waals surface area contributed by atoms with Gasteiger partial charge in [0.2, 0.25) is 11.8 Å². The number of rotatable bonds is 7. The maximum Gasteiger partial charge on any atom is 0.260 e. The van der Waals surface area contributed by atoms with Gasteiger partial charge < -0.3 is 5.11 Å². The number of aryl methyl sites for hydroxylation is 2. The number of carbonyl (C=O) groups excluding carboxylic acids is 5. The number of fused-ring (bicyclic) bond motifs is 4. The third kappa shape index (κ3) is 5.17. The molecular weight excluding hydrogens is 703 g/mol. The van der Waals surface area contributed by atoms with Crippen molar-refractivity contribution in [2.24, 2.45) is 23.7 Å². The molecule has 0 unspecified atom stereocenters. The summed E-state index contributed by atoms with van der Waals surface area (Å²) in [7, 11) is 0. The molecule has 9 heteroatoms. The van der Waals surface area contributed by atoms with Gasteiger partial charge in [-0.2, -0.15) is 5.01 Å². The molecule has 278 valence electrons. The van der Waals surface area contributed by atoms with Gasteiger partial charge in [-0.25, -0.2) is 0 Å². The molecule has 0 aromatic heterocycles. The number of benzene rings is 5. The molecular formula is C47H39N3O6. The first-order valence-corrected chi connectivity index (χ1v) is 18.9. The van der Waals surface area contributed by atoms with E-state index in [0.717, 1.165) is 16.1 Å². The minimum Gasteiger partial charge on any atom is -0.507 e. The number of anilines is 2. The Morgan fingerprint density at radius 2 is 1.38 bits per heavy atom. The van der Waals surface area contributed by atoms with E-state index in [9.17, 15) is 24.3 Å². The summed E-state index contributed by atoms with van der Waals surface area (Å²) < 4.78 is 0. The summed E-state index contributed by atoms with van der Waals surface area (Å²) in [6.07, 6.45) is 2.36. The van der Waals surface area contributed by atoms with Crippen LogP contribution in [-0.2, 0) is 24.6 Å². The van der Waals surface area contributed by atoms with Crippen molar-refractivity contribution in [1.29, 1.82) is 0 Å². The van der Waals surface area contributed by atoms with E-state index in [4.69, 9.17) is 0 Å². The molecule has 5 aromatic rings. The molecule has 4 amide bonds. The summed E-state index contributed by atoms with van der Waals surface area (Å²) in [5.74, 6) is -5.64. The molecule has 0 radical (unpaired) electrons. The standard InChI is InChI=1S/C47H39N3O6/c1-27-16-20-32(21-17-27)48-50-44(54)38-26-37-34(40(36-15-9-10-28(2)41(36)51)47(38,46(50)56)31-13-7-4-8-14-31)24-25-35-39(37)45(55)49(43(35)53)33-22-18-30(19-23-33)42(52)29-11-5-3-6-12-29/h3-24,35,37-40,48,51H,25-26H2,1-2H3/t35-,37+,38-,39-,40+,47+/m0/s1. The summed E-state index contributed by atoms with van der Waals surface area (Å²) in [4.78, 5) is 73.5. The predicted octanol–water partition coefficient (Wildman–Crippen LogP) is 7.43. The summed E-state index contributed by atoms with van der Waals surface area (Å²) in [5.41, 5.74) is 7.02. The Hall–Kier alpha value is -6.61. The number of allylic oxidation sites excluding steroid dienone is 2. The number of phenols is 1. The molecule has 9 nitrogen and oxygen atoms in total. The Morgan fingerprint density at radius 3 is 2.07 bits per heavy atom. The first-order valence-electron chi connectivity index (χ1n) is 18.9. The van der Waals surface area contributed by atoms with Crippen molar-refractivity contribution in [1.82, 2.24) is 5.01 Å². The minimum atomic E-state index is -1.48. The van der Waals surface area contributed by atoms with Crippen LogP contribution in [0.5, 0.6) is 5.75 Å². The lowest BCUT2D eigenvalue weighted by molar-refractivity contribution is -0.138. The van der Waals surface area contributed by atoms with E-state index in [-0.39, 0.29) is 36.2 Å². The zero-order valence-corrected chi connectivity index (χ0v) is 30.9. The van der Waals surface area contributed by atoms with E-state index < -0.39 is 46.8 Å². The Kier molecular flexibility index (Phi) is 8.34. The molecule has 5 aromatic carbocycles. The topological polar surface area (TPSA) is 124 Å². The Labute approximate surface area is 324 Å². The van der Waals surface area contributed by atoms with Crippen LogP contribution in [0.25, 0.3) is 0 Å². The largest absolute Gasteiger partial charge is 0.507 e. The number of nitrogens with one attached hydrogen (secondary N) is 1. The van der Waals surface area contributed by atoms with Gasteiger partial charge in [-0.15, -0.1) is 0 Å². The highest BCUT2D eigenvalue weighted by Crippen LogP contribution is 2.65. The molecule has 56 heavy (non-hydrogen) atoms. The molecule has 6 atom stereocenters. The number of para-hydroxylation sites is 1. The number of aromatic hydroxyl groups is 1. The lowest BCUT2D eigenvalue weighted by Crippen LogP contribution is -2.53. The lowest BCUT2D eigenvalue weighted by atomic mass is 9.49. The molecule has 2 saturated heterocycles. The van der Waals surface area contributed by atoms with Crippen LogP contribution in [0, 0.1) is 37.5 Å². The zero-order chi connectivity index (χ0) is 38.9. The number of carbonyl (C=O) groups is 5. The Morgan fingerprint density at radius 1 is 0.714 bits per heavy atom. The van der Waals surface area contributed by atoms with E-state index in [2.05, 4.69) is 5.43 Å². The van der Waals surface area contributed by atoms with Gasteiger partial charge in [0.1, 0.15) is 5.75 Å². The van der Waals surface area contributed by atoms with E-state index >= 15 is 4.79 Å². The second-order valence-corrected chi connectivity index (χ2v) is 15.4. The average Bonchev–Trinajstić information content (AvgIpc) is 3.61. The molecule has 0 bridgehead atoms. The number of phenolic OH excluding ortho intramolecular Hbond substituents is 1. The van der Waals surface area contributed by atoms with E-state index in [1.807, 2.05) is 79.7 Å². The van der Waals surface area contributed by atoms with Gasteiger partial charge in [0, 0.05) is 22.6 Å². The molecule has 1 saturated carbocycles. The number of hydrazine groups is 1. The Balaban J connectivity index is 1.15. The zero-order valence-electron chi connectivity index (χ0n) is 30.9. The van der Waals surface area contributed by atoms with Crippen LogP contribution in [-0.4, -0.2) is 39.5 Å². The highest BCUT2D eigenvalue weighted by Gasteiger charge is 2.70. The van der Waals surface area contributed by atoms with E-state index in [1.165, 1.54) is 4.90 Å². The Bertz CT molecular complexity index is 2460. The van der Waals surface area contributed by atoms with Crippen molar-refractivity contribution < 1.29 is 29.1 Å². The number of nitrogens with zero attached hydrogens (tertiary/aromatic N) is 2. The predicted molar refractivity (Wildman–Crippen MR) is 210 cm³/mol. The van der Waals surface area contributed by atoms with Gasteiger partial charge in [-0.1, -0.05) is 108 Å². The molecule has 2 aliphatic carbocycles. The van der Waals surface area contributed by atoms with Gasteiger partial charge in [0.05, 0.1) is 34.5 Å². The summed E-state index contributed by atoms with van der Waals surface area (Å²) in [5, 5.41) is 12.9. The van der Waals surface area contributed by atoms with Crippen molar-refractivity contribution in [3.05, 3.63) is 172 Å². The first-order chi connectivity index (χ1) is 27.1. The van der Waals surface area contributed by atoms with E-state index in [0.29, 0.717) is 39.2 Å². The molecule has 2 aliphatic heterocycles. The molecule has 9 rings (SSSR count). The maximum absolute atomic E-state index is 15.3. The van der Waals surface area contributed by atoms with Gasteiger partial charge in [-0.3, -0.25) is 34.3 Å². The number of hydrogen-bond acceptors (Lipinski definition) is 7. The number of imide groups is 2. The van der Waals surface area contributed by atoms with Crippen LogP contribution in [0.2, 0.25) is 0 Å². The minimum absolute atomic E-state index is 0.0148. The fraction of sp³-hybridized carbons (Fsp3) is 0.213. The average molecular weight is 742 g/mol. The van der Waals surface area contributed by atoms with Gasteiger partial charge in [-0.05, 0) is 80.1 Å². The summed E-state index contributed by atoms with van der Waals surface area (Å²) in [6, 6.07) is 37.5. The third-order valence-electron chi connectivity index (χ3n) is 12.4. The lowest BCUT2D eigenvalue weighted by Gasteiger charge is -2.50. The molecule has 2 N–H and O–H groups in total. The highest BCUT2D eigenvalue weighted by molar-refractivity contribution is 6.23. The summed E-state index contributed by atoms with van der Waals surface area (Å²) in [6.45, 7) is 3.74. The van der Waals surface area contributed by atoms with Crippen LogP contribution in [0.1, 0.15) is 56.9 Å². The third-order valence-corrected chi connectivity index (χ3v) is 12.4. The monoisotopic (exact) mass is 741 g/mol. The van der Waals surface area contributed by atoms with Crippen LogP contribution in [0.3, 0.4) is 0 Å². The van der Waals surface area contributed by atoms with Crippen molar-refractivity contribution in [2.75, 3.05) is 10.3 Å². The molecule has 2 heterocycles. The first kappa shape index (κ1) is 35.1. The van der Waals surface area contributed by atoms with Crippen LogP contribution >= 0.6 is 0 Å². The van der Waals surface area contributed by atoms with E-state index in [1.54, 1.807) is 67.6 Å². The fourth-order valence-electron chi connectivity index (χ4n) is 9.78. The smallest absolute Gasteiger partial charge is 0.260 e. The van der Waals surface area contributed by atoms with Crippen LogP contribution in [0.15, 0.2) is 139 Å². The van der Waals surface area contributed by atoms with Crippen LogP contribution < -0.4 is 10.3 Å². The molecule has 0 spiro atoms. The molecule has 4 aliphatic rings. The number of amides is 4. The molecule has 3 fully saturated rings. The van der Waals surface area contributed by atoms with Crippen molar-refractivity contribution in [3.8, 4) is 5.75 Å². The van der Waals surface area contributed by atoms with Crippen molar-refractivity contribution >= 4 is 40.8 Å². The maximum atomic E-state index is 15.3. The number of hydrogen-bond donors (Lipinski definition) is 2. The highest BCUT2D eigenvalue weighted by atomic mass is 16.3. The van der Waals surface area contributed by atoms with Crippen molar-refractivity contribution in [3.63, 3.8) is 0 Å². The van der Waals surface area contributed by atoms with Gasteiger partial charge >= 0.3 is 0 Å². The second-order valence-electron chi connectivity index (χ2n) is 15.4. The van der Waals surface area contributed by atoms with Crippen LogP contribution in [0.4, 0.5) is 11.4 Å². The normalized spacial score (nSPS) is 25.4. The quantitative estimate of drug-likeness (QED) is 0.101. The van der Waals surface area contributed by atoms with Gasteiger partial charge in [0.25, 0.3) is 11.8 Å². The van der Waals surface area contributed by atoms with Crippen molar-refractivity contribution in [2.45, 2.75) is 38.0 Å². The fourth-order valence-corrected chi connectivity index (χ4v) is 9.78.